The summed E-state index contributed by atoms with van der Waals surface area (Å²) in [4.78, 5) is 26.7. The number of aromatic amines is 1. The predicted molar refractivity (Wildman–Crippen MR) is 113 cm³/mol. The smallest absolute Gasteiger partial charge is 0.330 e. The van der Waals surface area contributed by atoms with E-state index in [1.807, 2.05) is 60.7 Å². The zero-order valence-electron chi connectivity index (χ0n) is 17.1. The molecular weight excluding hydrogens is 384 g/mol. The molecule has 3 rings (SSSR count). The van der Waals surface area contributed by atoms with E-state index in [0.29, 0.717) is 18.8 Å². The van der Waals surface area contributed by atoms with Gasteiger partial charge in [-0.05, 0) is 25.0 Å². The highest BCUT2D eigenvalue weighted by molar-refractivity contribution is 5.14. The lowest BCUT2D eigenvalue weighted by molar-refractivity contribution is -0.220. The van der Waals surface area contributed by atoms with E-state index in [-0.39, 0.29) is 6.73 Å². The summed E-state index contributed by atoms with van der Waals surface area (Å²) in [7, 11) is 0. The first-order chi connectivity index (χ1) is 14.5. The molecule has 3 aromatic rings. The van der Waals surface area contributed by atoms with Crippen LogP contribution in [-0.4, -0.2) is 21.9 Å². The summed E-state index contributed by atoms with van der Waals surface area (Å²) in [5.41, 5.74) is 1.53. The number of ether oxygens (including phenoxy) is 3. The van der Waals surface area contributed by atoms with Crippen LogP contribution >= 0.6 is 0 Å². The van der Waals surface area contributed by atoms with Crippen LogP contribution in [0.25, 0.3) is 0 Å². The van der Waals surface area contributed by atoms with E-state index in [2.05, 4.69) is 4.98 Å². The first-order valence-electron chi connectivity index (χ1n) is 9.76. The van der Waals surface area contributed by atoms with Crippen LogP contribution in [0.1, 0.15) is 23.6 Å². The van der Waals surface area contributed by atoms with E-state index < -0.39 is 23.6 Å². The van der Waals surface area contributed by atoms with Gasteiger partial charge in [0.2, 0.25) is 0 Å². The SMILES string of the molecule is Cc1c[nH]c(=O)n(COC(C)C(OCc2ccccc2)OCc2ccccc2)c1=O. The average Bonchev–Trinajstić information content (AvgIpc) is 2.77. The Morgan fingerprint density at radius 3 is 1.93 bits per heavy atom. The van der Waals surface area contributed by atoms with Gasteiger partial charge in [-0.25, -0.2) is 9.36 Å². The first kappa shape index (κ1) is 21.7. The minimum absolute atomic E-state index is 0.198. The van der Waals surface area contributed by atoms with Gasteiger partial charge in [-0.2, -0.15) is 0 Å². The normalized spacial score (nSPS) is 12.2. The van der Waals surface area contributed by atoms with Gasteiger partial charge < -0.3 is 19.2 Å². The van der Waals surface area contributed by atoms with Crippen LogP contribution in [0, 0.1) is 6.92 Å². The third kappa shape index (κ3) is 6.00. The number of nitrogens with zero attached hydrogens (tertiary/aromatic N) is 1. The van der Waals surface area contributed by atoms with E-state index in [1.165, 1.54) is 6.20 Å². The van der Waals surface area contributed by atoms with Crippen molar-refractivity contribution < 1.29 is 14.2 Å². The van der Waals surface area contributed by atoms with Crippen LogP contribution in [0.15, 0.2) is 76.4 Å². The molecule has 7 heteroatoms. The van der Waals surface area contributed by atoms with E-state index in [1.54, 1.807) is 13.8 Å². The van der Waals surface area contributed by atoms with E-state index in [9.17, 15) is 9.59 Å². The summed E-state index contributed by atoms with van der Waals surface area (Å²) in [5, 5.41) is 0. The van der Waals surface area contributed by atoms with Gasteiger partial charge >= 0.3 is 5.69 Å². The number of nitrogens with one attached hydrogen (secondary N) is 1. The third-order valence-corrected chi connectivity index (χ3v) is 4.60. The summed E-state index contributed by atoms with van der Waals surface area (Å²) in [6, 6.07) is 19.5. The second-order valence-electron chi connectivity index (χ2n) is 6.97. The Morgan fingerprint density at radius 1 is 0.867 bits per heavy atom. The van der Waals surface area contributed by atoms with E-state index in [0.717, 1.165) is 15.7 Å². The largest absolute Gasteiger partial charge is 0.352 e. The molecule has 0 spiro atoms. The molecule has 0 aliphatic rings. The molecule has 0 aliphatic carbocycles. The molecule has 2 aromatic carbocycles. The van der Waals surface area contributed by atoms with Gasteiger partial charge in [-0.3, -0.25) is 4.79 Å². The van der Waals surface area contributed by atoms with Crippen molar-refractivity contribution in [1.82, 2.24) is 9.55 Å². The molecule has 0 bridgehead atoms. The predicted octanol–water partition coefficient (Wildman–Crippen LogP) is 2.97. The summed E-state index contributed by atoms with van der Waals surface area (Å²) >= 11 is 0. The lowest BCUT2D eigenvalue weighted by Gasteiger charge is -2.25. The Morgan fingerprint density at radius 2 is 1.40 bits per heavy atom. The highest BCUT2D eigenvalue weighted by Gasteiger charge is 2.21. The molecule has 0 fully saturated rings. The van der Waals surface area contributed by atoms with Crippen molar-refractivity contribution in [2.24, 2.45) is 0 Å². The van der Waals surface area contributed by atoms with Gasteiger partial charge in [0.05, 0.1) is 13.2 Å². The Balaban J connectivity index is 1.67. The number of aromatic nitrogens is 2. The minimum atomic E-state index is -0.690. The van der Waals surface area contributed by atoms with Gasteiger partial charge in [0.25, 0.3) is 5.56 Å². The molecule has 0 radical (unpaired) electrons. The quantitative estimate of drug-likeness (QED) is 0.520. The van der Waals surface area contributed by atoms with Crippen LogP contribution < -0.4 is 11.2 Å². The van der Waals surface area contributed by atoms with E-state index in [4.69, 9.17) is 14.2 Å². The van der Waals surface area contributed by atoms with Crippen molar-refractivity contribution in [3.05, 3.63) is 104 Å². The number of rotatable bonds is 10. The fraction of sp³-hybridized carbons (Fsp3) is 0.304. The Hall–Kier alpha value is -3.00. The van der Waals surface area contributed by atoms with Gasteiger partial charge in [0, 0.05) is 11.8 Å². The summed E-state index contributed by atoms with van der Waals surface area (Å²) in [6.45, 7) is 3.91. The first-order valence-corrected chi connectivity index (χ1v) is 9.76. The van der Waals surface area contributed by atoms with Crippen molar-refractivity contribution in [3.63, 3.8) is 0 Å². The number of benzene rings is 2. The Labute approximate surface area is 174 Å². The van der Waals surface area contributed by atoms with Gasteiger partial charge in [0.1, 0.15) is 12.8 Å². The molecule has 158 valence electrons. The third-order valence-electron chi connectivity index (χ3n) is 4.60. The Kier molecular flexibility index (Phi) is 7.73. The number of H-pyrrole nitrogens is 1. The maximum atomic E-state index is 12.2. The van der Waals surface area contributed by atoms with Crippen LogP contribution in [0.5, 0.6) is 0 Å². The van der Waals surface area contributed by atoms with E-state index >= 15 is 0 Å². The van der Waals surface area contributed by atoms with Crippen LogP contribution in [-0.2, 0) is 34.2 Å². The van der Waals surface area contributed by atoms with Crippen molar-refractivity contribution in [2.75, 3.05) is 0 Å². The molecule has 0 saturated heterocycles. The zero-order valence-corrected chi connectivity index (χ0v) is 17.1. The van der Waals surface area contributed by atoms with Gasteiger partial charge in [0.15, 0.2) is 6.29 Å². The molecule has 1 unspecified atom stereocenters. The maximum absolute atomic E-state index is 12.2. The number of aryl methyl sites for hydroxylation is 1. The van der Waals surface area contributed by atoms with Gasteiger partial charge in [-0.15, -0.1) is 0 Å². The van der Waals surface area contributed by atoms with Crippen molar-refractivity contribution >= 4 is 0 Å². The highest BCUT2D eigenvalue weighted by Crippen LogP contribution is 2.13. The van der Waals surface area contributed by atoms with Crippen LogP contribution in [0.2, 0.25) is 0 Å². The molecular formula is C23H26N2O5. The van der Waals surface area contributed by atoms with Crippen LogP contribution in [0.4, 0.5) is 0 Å². The molecule has 0 aliphatic heterocycles. The summed E-state index contributed by atoms with van der Waals surface area (Å²) in [6.07, 6.45) is 0.175. The number of hydrogen-bond donors (Lipinski definition) is 1. The van der Waals surface area contributed by atoms with Crippen molar-refractivity contribution in [1.29, 1.82) is 0 Å². The molecule has 0 amide bonds. The molecule has 1 atom stereocenters. The molecule has 1 N–H and O–H groups in total. The molecule has 30 heavy (non-hydrogen) atoms. The molecule has 0 saturated carbocycles. The highest BCUT2D eigenvalue weighted by atomic mass is 16.7. The lowest BCUT2D eigenvalue weighted by Crippen LogP contribution is -2.39. The summed E-state index contributed by atoms with van der Waals surface area (Å²) < 4.78 is 18.7. The zero-order chi connectivity index (χ0) is 21.3. The average molecular weight is 410 g/mol. The van der Waals surface area contributed by atoms with Gasteiger partial charge in [-0.1, -0.05) is 60.7 Å². The topological polar surface area (TPSA) is 82.6 Å². The maximum Gasteiger partial charge on any atom is 0.330 e. The molecule has 1 aromatic heterocycles. The van der Waals surface area contributed by atoms with Crippen LogP contribution in [0.3, 0.4) is 0 Å². The minimum Gasteiger partial charge on any atom is -0.352 e. The second kappa shape index (κ2) is 10.7. The Bertz CT molecular complexity index is 987. The van der Waals surface area contributed by atoms with Crippen molar-refractivity contribution in [3.8, 4) is 0 Å². The monoisotopic (exact) mass is 410 g/mol. The second-order valence-corrected chi connectivity index (χ2v) is 6.97. The number of hydrogen-bond acceptors (Lipinski definition) is 5. The standard InChI is InChI=1S/C23H26N2O5/c1-17-13-24-23(27)25(21(17)26)16-30-18(2)22(28-14-19-9-5-3-6-10-19)29-15-20-11-7-4-8-12-20/h3-13,18,22H,14-16H2,1-2H3,(H,24,27). The summed E-state index contributed by atoms with van der Waals surface area (Å²) in [5.74, 6) is 0. The fourth-order valence-corrected chi connectivity index (χ4v) is 2.83. The fourth-order valence-electron chi connectivity index (χ4n) is 2.83. The molecule has 1 heterocycles. The van der Waals surface area contributed by atoms with Crippen molar-refractivity contribution in [2.45, 2.75) is 46.2 Å². The molecule has 7 nitrogen and oxygen atoms in total. The lowest BCUT2D eigenvalue weighted by atomic mass is 10.2.